The van der Waals surface area contributed by atoms with Gasteiger partial charge in [-0.3, -0.25) is 19.6 Å². The molecule has 194 valence electrons. The molecular weight excluding hydrogens is 484 g/mol. The first-order chi connectivity index (χ1) is 19.2. The molecule has 1 aliphatic heterocycles. The molecule has 2 aromatic heterocycles. The molecule has 0 N–H and O–H groups in total. The normalized spacial score (nSPS) is 14.9. The lowest BCUT2D eigenvalue weighted by Crippen LogP contribution is -2.36. The number of allylic oxidation sites excluding steroid dienone is 4. The summed E-state index contributed by atoms with van der Waals surface area (Å²) in [5, 5.41) is 2.15. The lowest BCUT2D eigenvalue weighted by atomic mass is 10.1. The summed E-state index contributed by atoms with van der Waals surface area (Å²) in [4.78, 5) is 37.9. The van der Waals surface area contributed by atoms with Gasteiger partial charge < -0.3 is 9.80 Å². The van der Waals surface area contributed by atoms with Gasteiger partial charge in [0.15, 0.2) is 0 Å². The monoisotopic (exact) mass is 514 g/mol. The van der Waals surface area contributed by atoms with Crippen LogP contribution in [0.3, 0.4) is 0 Å². The van der Waals surface area contributed by atoms with E-state index in [4.69, 9.17) is 0 Å². The topological polar surface area (TPSA) is 66.4 Å². The number of amides is 2. The number of carbonyl (C=O) groups excluding carboxylic acids is 2. The van der Waals surface area contributed by atoms with E-state index in [1.165, 1.54) is 0 Å². The van der Waals surface area contributed by atoms with Crippen molar-refractivity contribution in [3.63, 3.8) is 0 Å². The maximum absolute atomic E-state index is 12.8. The van der Waals surface area contributed by atoms with Gasteiger partial charge in [-0.05, 0) is 41.8 Å². The third-order valence-electron chi connectivity index (χ3n) is 6.74. The van der Waals surface area contributed by atoms with E-state index in [2.05, 4.69) is 9.97 Å². The number of rotatable bonds is 6. The van der Waals surface area contributed by atoms with Crippen LogP contribution in [0.15, 0.2) is 110 Å². The predicted octanol–water partition coefficient (Wildman–Crippen LogP) is 5.68. The van der Waals surface area contributed by atoms with E-state index >= 15 is 0 Å². The fourth-order valence-corrected chi connectivity index (χ4v) is 4.69. The van der Waals surface area contributed by atoms with Gasteiger partial charge in [-0.1, -0.05) is 72.9 Å². The van der Waals surface area contributed by atoms with Crippen molar-refractivity contribution < 1.29 is 9.59 Å². The Balaban J connectivity index is 1.13. The first-order valence-electron chi connectivity index (χ1n) is 13.1. The largest absolute Gasteiger partial charge is 0.337 e. The maximum atomic E-state index is 12.8. The molecule has 0 bridgehead atoms. The van der Waals surface area contributed by atoms with E-state index in [1.54, 1.807) is 46.5 Å². The summed E-state index contributed by atoms with van der Waals surface area (Å²) in [7, 11) is 0. The fourth-order valence-electron chi connectivity index (χ4n) is 4.69. The van der Waals surface area contributed by atoms with Crippen LogP contribution in [-0.4, -0.2) is 57.8 Å². The molecule has 2 aromatic carbocycles. The standard InChI is InChI=1S/C33H30N4O2/c38-32(16-7-1-10-26-18-20-34-30-14-5-3-12-28(26)30)36-22-9-23-37(25-24-36)33(39)17-8-2-11-27-19-21-35-31-15-6-4-13-29(27)31/h1-8,10-21H,9,22-25H2/b10-1+,11-2+,16-7+,17-8+. The molecule has 0 atom stereocenters. The third kappa shape index (κ3) is 6.54. The van der Waals surface area contributed by atoms with Gasteiger partial charge in [0, 0.05) is 61.5 Å². The van der Waals surface area contributed by atoms with Crippen LogP contribution >= 0.6 is 0 Å². The van der Waals surface area contributed by atoms with Gasteiger partial charge in [0.1, 0.15) is 0 Å². The molecule has 0 spiro atoms. The quantitative estimate of drug-likeness (QED) is 0.245. The minimum absolute atomic E-state index is 0.0448. The molecule has 1 aliphatic rings. The highest BCUT2D eigenvalue weighted by atomic mass is 16.2. The molecule has 0 aliphatic carbocycles. The molecule has 6 nitrogen and oxygen atoms in total. The third-order valence-corrected chi connectivity index (χ3v) is 6.74. The average Bonchev–Trinajstić information content (AvgIpc) is 3.24. The summed E-state index contributed by atoms with van der Waals surface area (Å²) in [6, 6.07) is 19.9. The fraction of sp³-hybridized carbons (Fsp3) is 0.152. The van der Waals surface area contributed by atoms with Crippen molar-refractivity contribution in [2.75, 3.05) is 26.2 Å². The Labute approximate surface area is 228 Å². The Kier molecular flexibility index (Phi) is 8.34. The minimum Gasteiger partial charge on any atom is -0.337 e. The number of carbonyl (C=O) groups is 2. The van der Waals surface area contributed by atoms with Crippen molar-refractivity contribution in [3.05, 3.63) is 121 Å². The Morgan fingerprint density at radius 1 is 0.590 bits per heavy atom. The molecule has 1 fully saturated rings. The second kappa shape index (κ2) is 12.6. The van der Waals surface area contributed by atoms with Crippen molar-refractivity contribution in [1.82, 2.24) is 19.8 Å². The van der Waals surface area contributed by atoms with E-state index < -0.39 is 0 Å². The molecule has 0 saturated carbocycles. The van der Waals surface area contributed by atoms with Crippen LogP contribution in [-0.2, 0) is 9.59 Å². The lowest BCUT2D eigenvalue weighted by molar-refractivity contribution is -0.128. The highest BCUT2D eigenvalue weighted by Crippen LogP contribution is 2.18. The maximum Gasteiger partial charge on any atom is 0.246 e. The van der Waals surface area contributed by atoms with E-state index in [0.717, 1.165) is 39.4 Å². The lowest BCUT2D eigenvalue weighted by Gasteiger charge is -2.20. The highest BCUT2D eigenvalue weighted by Gasteiger charge is 2.19. The van der Waals surface area contributed by atoms with Crippen molar-refractivity contribution in [2.45, 2.75) is 6.42 Å². The van der Waals surface area contributed by atoms with Crippen molar-refractivity contribution >= 4 is 45.8 Å². The number of aromatic nitrogens is 2. The van der Waals surface area contributed by atoms with E-state index in [-0.39, 0.29) is 11.8 Å². The summed E-state index contributed by atoms with van der Waals surface area (Å²) in [5.74, 6) is -0.0897. The number of pyridine rings is 2. The van der Waals surface area contributed by atoms with Gasteiger partial charge in [-0.25, -0.2) is 0 Å². The zero-order valence-electron chi connectivity index (χ0n) is 21.7. The van der Waals surface area contributed by atoms with Gasteiger partial charge in [-0.2, -0.15) is 0 Å². The Hall–Kier alpha value is -4.84. The number of benzene rings is 2. The number of para-hydroxylation sites is 2. The van der Waals surface area contributed by atoms with Crippen LogP contribution in [0.5, 0.6) is 0 Å². The van der Waals surface area contributed by atoms with Gasteiger partial charge >= 0.3 is 0 Å². The molecular formula is C33H30N4O2. The molecule has 1 saturated heterocycles. The Morgan fingerprint density at radius 3 is 1.54 bits per heavy atom. The molecule has 6 heteroatoms. The number of hydrogen-bond acceptors (Lipinski definition) is 4. The number of fused-ring (bicyclic) bond motifs is 2. The van der Waals surface area contributed by atoms with Crippen molar-refractivity contribution in [1.29, 1.82) is 0 Å². The van der Waals surface area contributed by atoms with E-state index in [0.29, 0.717) is 26.2 Å². The van der Waals surface area contributed by atoms with Crippen LogP contribution < -0.4 is 0 Å². The van der Waals surface area contributed by atoms with Gasteiger partial charge in [0.2, 0.25) is 11.8 Å². The zero-order chi connectivity index (χ0) is 26.9. The van der Waals surface area contributed by atoms with Gasteiger partial charge in [0.05, 0.1) is 11.0 Å². The summed E-state index contributed by atoms with van der Waals surface area (Å²) >= 11 is 0. The van der Waals surface area contributed by atoms with Crippen LogP contribution in [0.1, 0.15) is 17.5 Å². The predicted molar refractivity (Wildman–Crippen MR) is 158 cm³/mol. The molecule has 0 radical (unpaired) electrons. The second-order valence-electron chi connectivity index (χ2n) is 9.28. The first-order valence-corrected chi connectivity index (χ1v) is 13.1. The van der Waals surface area contributed by atoms with Crippen LogP contribution in [0.25, 0.3) is 34.0 Å². The molecule has 2 amide bonds. The summed E-state index contributed by atoms with van der Waals surface area (Å²) in [6.07, 6.45) is 18.8. The SMILES string of the molecule is O=C(/C=C/C=C/c1ccnc2ccccc12)N1CCCN(C(=O)/C=C/C=C/c2ccnc3ccccc23)CC1. The highest BCUT2D eigenvalue weighted by molar-refractivity contribution is 5.91. The summed E-state index contributed by atoms with van der Waals surface area (Å²) in [6.45, 7) is 2.29. The van der Waals surface area contributed by atoms with Crippen LogP contribution in [0.4, 0.5) is 0 Å². The molecule has 4 aromatic rings. The first kappa shape index (κ1) is 25.8. The number of hydrogen-bond donors (Lipinski definition) is 0. The Bertz CT molecular complexity index is 1470. The van der Waals surface area contributed by atoms with Gasteiger partial charge in [-0.15, -0.1) is 0 Å². The van der Waals surface area contributed by atoms with Crippen molar-refractivity contribution in [3.8, 4) is 0 Å². The van der Waals surface area contributed by atoms with E-state index in [1.807, 2.05) is 85.0 Å². The molecule has 5 rings (SSSR count). The Morgan fingerprint density at radius 2 is 1.05 bits per heavy atom. The molecule has 3 heterocycles. The smallest absolute Gasteiger partial charge is 0.246 e. The zero-order valence-corrected chi connectivity index (χ0v) is 21.7. The summed E-state index contributed by atoms with van der Waals surface area (Å²) in [5.41, 5.74) is 3.99. The second-order valence-corrected chi connectivity index (χ2v) is 9.28. The number of nitrogens with zero attached hydrogens (tertiary/aromatic N) is 4. The average molecular weight is 515 g/mol. The van der Waals surface area contributed by atoms with Crippen LogP contribution in [0, 0.1) is 0 Å². The minimum atomic E-state index is -0.0448. The molecule has 0 unspecified atom stereocenters. The molecule has 39 heavy (non-hydrogen) atoms. The summed E-state index contributed by atoms with van der Waals surface area (Å²) < 4.78 is 0. The van der Waals surface area contributed by atoms with Gasteiger partial charge in [0.25, 0.3) is 0 Å². The van der Waals surface area contributed by atoms with E-state index in [9.17, 15) is 9.59 Å². The van der Waals surface area contributed by atoms with Crippen molar-refractivity contribution in [2.24, 2.45) is 0 Å². The van der Waals surface area contributed by atoms with Crippen LogP contribution in [0.2, 0.25) is 0 Å².